The molecule has 2 N–H and O–H groups in total. The first-order chi connectivity index (χ1) is 10.1. The van der Waals surface area contributed by atoms with E-state index in [1.807, 2.05) is 17.0 Å². The van der Waals surface area contributed by atoms with Crippen LogP contribution in [0, 0.1) is 10.1 Å². The van der Waals surface area contributed by atoms with Crippen molar-refractivity contribution in [2.45, 2.75) is 31.8 Å². The van der Waals surface area contributed by atoms with Gasteiger partial charge >= 0.3 is 0 Å². The number of aryl methyl sites for hydroxylation is 1. The number of hydrogen-bond donors (Lipinski definition) is 1. The van der Waals surface area contributed by atoms with Gasteiger partial charge in [0.2, 0.25) is 0 Å². The zero-order valence-electron chi connectivity index (χ0n) is 11.5. The molecule has 1 unspecified atom stereocenters. The zero-order valence-corrected chi connectivity index (χ0v) is 12.2. The van der Waals surface area contributed by atoms with E-state index >= 15 is 0 Å². The molecule has 21 heavy (non-hydrogen) atoms. The van der Waals surface area contributed by atoms with Crippen molar-refractivity contribution in [1.82, 2.24) is 4.57 Å². The average Bonchev–Trinajstić information content (AvgIpc) is 2.85. The van der Waals surface area contributed by atoms with Crippen LogP contribution in [0.2, 0.25) is 5.02 Å². The predicted octanol–water partition coefficient (Wildman–Crippen LogP) is 3.43. The van der Waals surface area contributed by atoms with Crippen LogP contribution >= 0.6 is 11.6 Å². The van der Waals surface area contributed by atoms with Gasteiger partial charge in [0.15, 0.2) is 0 Å². The minimum atomic E-state index is -0.393. The van der Waals surface area contributed by atoms with Gasteiger partial charge in [0.25, 0.3) is 5.69 Å². The first-order valence-electron chi connectivity index (χ1n) is 6.92. The Labute approximate surface area is 127 Å². The first-order valence-corrected chi connectivity index (χ1v) is 7.30. The summed E-state index contributed by atoms with van der Waals surface area (Å²) in [5.74, 6) is 0. The molecule has 6 heteroatoms. The molecule has 110 valence electrons. The maximum absolute atomic E-state index is 11.1. The lowest BCUT2D eigenvalue weighted by molar-refractivity contribution is -0.385. The van der Waals surface area contributed by atoms with Crippen LogP contribution in [0.5, 0.6) is 0 Å². The molecular weight excluding hydrogens is 290 g/mol. The van der Waals surface area contributed by atoms with Crippen LogP contribution in [-0.4, -0.2) is 9.49 Å². The first kappa shape index (κ1) is 14.1. The number of rotatable bonds is 3. The van der Waals surface area contributed by atoms with Gasteiger partial charge in [-0.25, -0.2) is 0 Å². The topological polar surface area (TPSA) is 74.1 Å². The molecule has 2 aromatic rings. The SMILES string of the molecule is NC1CCCc2cn(Cc3c(Cl)cccc3[N+](=O)[O-])cc21. The van der Waals surface area contributed by atoms with Crippen LogP contribution < -0.4 is 5.73 Å². The smallest absolute Gasteiger partial charge is 0.275 e. The second kappa shape index (κ2) is 5.50. The molecule has 0 saturated heterocycles. The lowest BCUT2D eigenvalue weighted by atomic mass is 9.92. The summed E-state index contributed by atoms with van der Waals surface area (Å²) < 4.78 is 1.95. The van der Waals surface area contributed by atoms with Crippen LogP contribution in [0.1, 0.15) is 35.6 Å². The Kier molecular flexibility index (Phi) is 3.69. The van der Waals surface area contributed by atoms with Crippen LogP contribution in [0.25, 0.3) is 0 Å². The summed E-state index contributed by atoms with van der Waals surface area (Å²) in [6.45, 7) is 0.385. The van der Waals surface area contributed by atoms with E-state index in [0.717, 1.165) is 24.8 Å². The Morgan fingerprint density at radius 3 is 2.95 bits per heavy atom. The minimum Gasteiger partial charge on any atom is -0.349 e. The quantitative estimate of drug-likeness (QED) is 0.697. The number of nitro groups is 1. The lowest BCUT2D eigenvalue weighted by Gasteiger charge is -2.17. The second-order valence-electron chi connectivity index (χ2n) is 5.40. The van der Waals surface area contributed by atoms with Crippen LogP contribution in [0.15, 0.2) is 30.6 Å². The Morgan fingerprint density at radius 2 is 2.24 bits per heavy atom. The van der Waals surface area contributed by atoms with Crippen LogP contribution in [0.3, 0.4) is 0 Å². The highest BCUT2D eigenvalue weighted by Crippen LogP contribution is 2.31. The van der Waals surface area contributed by atoms with Crippen molar-refractivity contribution in [2.24, 2.45) is 5.73 Å². The third kappa shape index (κ3) is 2.66. The highest BCUT2D eigenvalue weighted by molar-refractivity contribution is 6.31. The van der Waals surface area contributed by atoms with Gasteiger partial charge in [-0.1, -0.05) is 17.7 Å². The zero-order chi connectivity index (χ0) is 15.0. The fourth-order valence-corrected chi connectivity index (χ4v) is 3.16. The molecule has 0 bridgehead atoms. The molecule has 0 fully saturated rings. The van der Waals surface area contributed by atoms with Gasteiger partial charge < -0.3 is 10.3 Å². The average molecular weight is 306 g/mol. The number of hydrogen-bond acceptors (Lipinski definition) is 3. The number of nitro benzene ring substituents is 1. The monoisotopic (exact) mass is 305 g/mol. The van der Waals surface area contributed by atoms with Gasteiger partial charge in [0, 0.05) is 24.5 Å². The number of fused-ring (bicyclic) bond motifs is 1. The third-order valence-electron chi connectivity index (χ3n) is 3.99. The molecule has 0 saturated carbocycles. The van der Waals surface area contributed by atoms with Crippen molar-refractivity contribution < 1.29 is 4.92 Å². The van der Waals surface area contributed by atoms with Gasteiger partial charge in [-0.3, -0.25) is 10.1 Å². The Bertz CT molecular complexity index is 696. The fourth-order valence-electron chi connectivity index (χ4n) is 2.93. The second-order valence-corrected chi connectivity index (χ2v) is 5.81. The van der Waals surface area contributed by atoms with E-state index < -0.39 is 4.92 Å². The molecule has 1 heterocycles. The molecule has 0 aliphatic heterocycles. The molecule has 5 nitrogen and oxygen atoms in total. The Balaban J connectivity index is 1.96. The number of nitrogens with two attached hydrogens (primary N) is 1. The Hall–Kier alpha value is -1.85. The summed E-state index contributed by atoms with van der Waals surface area (Å²) in [6, 6.07) is 4.83. The molecule has 0 spiro atoms. The lowest BCUT2D eigenvalue weighted by Crippen LogP contribution is -2.15. The van der Waals surface area contributed by atoms with Crippen LogP contribution in [-0.2, 0) is 13.0 Å². The van der Waals surface area contributed by atoms with Crippen molar-refractivity contribution >= 4 is 17.3 Å². The number of nitrogens with zero attached hydrogens (tertiary/aromatic N) is 2. The van der Waals surface area contributed by atoms with E-state index in [-0.39, 0.29) is 11.7 Å². The summed E-state index contributed by atoms with van der Waals surface area (Å²) in [5, 5.41) is 11.5. The minimum absolute atomic E-state index is 0.0541. The highest BCUT2D eigenvalue weighted by Gasteiger charge is 2.21. The molecule has 1 aromatic heterocycles. The highest BCUT2D eigenvalue weighted by atomic mass is 35.5. The standard InChI is InChI=1S/C15H16ClN3O2/c16-13-4-2-6-15(19(20)21)12(13)9-18-7-10-3-1-5-14(17)11(10)8-18/h2,4,6-8,14H,1,3,5,9,17H2. The maximum Gasteiger partial charge on any atom is 0.275 e. The van der Waals surface area contributed by atoms with E-state index in [4.69, 9.17) is 17.3 Å². The van der Waals surface area contributed by atoms with Crippen molar-refractivity contribution in [3.8, 4) is 0 Å². The number of halogens is 1. The normalized spacial score (nSPS) is 17.5. The van der Waals surface area contributed by atoms with Gasteiger partial charge in [-0.15, -0.1) is 0 Å². The van der Waals surface area contributed by atoms with Crippen molar-refractivity contribution in [3.05, 3.63) is 62.4 Å². The number of benzene rings is 1. The van der Waals surface area contributed by atoms with Crippen LogP contribution in [0.4, 0.5) is 5.69 Å². The molecule has 1 aliphatic carbocycles. The Morgan fingerprint density at radius 1 is 1.43 bits per heavy atom. The van der Waals surface area contributed by atoms with Gasteiger partial charge in [-0.05, 0) is 36.5 Å². The molecule has 1 atom stereocenters. The summed E-state index contributed by atoms with van der Waals surface area (Å²) in [4.78, 5) is 10.7. The van der Waals surface area contributed by atoms with Gasteiger partial charge in [-0.2, -0.15) is 0 Å². The fraction of sp³-hybridized carbons (Fsp3) is 0.333. The van der Waals surface area contributed by atoms with Crippen molar-refractivity contribution in [3.63, 3.8) is 0 Å². The van der Waals surface area contributed by atoms with E-state index in [2.05, 4.69) is 0 Å². The largest absolute Gasteiger partial charge is 0.349 e. The molecular formula is C15H16ClN3O2. The molecule has 0 amide bonds. The molecule has 0 radical (unpaired) electrons. The van der Waals surface area contributed by atoms with Gasteiger partial charge in [0.05, 0.1) is 22.1 Å². The third-order valence-corrected chi connectivity index (χ3v) is 4.34. The summed E-state index contributed by atoms with van der Waals surface area (Å²) >= 11 is 6.14. The molecule has 1 aromatic carbocycles. The van der Waals surface area contributed by atoms with Gasteiger partial charge in [0.1, 0.15) is 0 Å². The number of aromatic nitrogens is 1. The predicted molar refractivity (Wildman–Crippen MR) is 81.5 cm³/mol. The molecule has 3 rings (SSSR count). The summed E-state index contributed by atoms with van der Waals surface area (Å²) in [6.07, 6.45) is 7.11. The van der Waals surface area contributed by atoms with E-state index in [1.54, 1.807) is 12.1 Å². The summed E-state index contributed by atoms with van der Waals surface area (Å²) in [7, 11) is 0. The van der Waals surface area contributed by atoms with Crippen molar-refractivity contribution in [2.75, 3.05) is 0 Å². The van der Waals surface area contributed by atoms with E-state index in [1.165, 1.54) is 11.6 Å². The summed E-state index contributed by atoms with van der Waals surface area (Å²) in [5.41, 5.74) is 9.09. The maximum atomic E-state index is 11.1. The van der Waals surface area contributed by atoms with E-state index in [9.17, 15) is 10.1 Å². The molecule has 1 aliphatic rings. The van der Waals surface area contributed by atoms with Crippen molar-refractivity contribution in [1.29, 1.82) is 0 Å². The van der Waals surface area contributed by atoms with E-state index in [0.29, 0.717) is 17.1 Å².